The number of carbonyl (C=O) groups excluding carboxylic acids is 1. The van der Waals surface area contributed by atoms with Crippen molar-refractivity contribution in [3.63, 3.8) is 0 Å². The van der Waals surface area contributed by atoms with Crippen molar-refractivity contribution < 1.29 is 10.0 Å². The molecular weight excluding hydrogens is 168 g/mol. The van der Waals surface area contributed by atoms with Gasteiger partial charge in [0.1, 0.15) is 0 Å². The van der Waals surface area contributed by atoms with Crippen LogP contribution in [0.15, 0.2) is 30.3 Å². The van der Waals surface area contributed by atoms with Crippen molar-refractivity contribution in [1.29, 1.82) is 0 Å². The molecule has 0 aliphatic carbocycles. The Balaban J connectivity index is 2.59. The summed E-state index contributed by atoms with van der Waals surface area (Å²) in [5.41, 5.74) is 2.51. The highest BCUT2D eigenvalue weighted by Gasteiger charge is 2.06. The largest absolute Gasteiger partial charge is 0.338 e. The summed E-state index contributed by atoms with van der Waals surface area (Å²) in [7, 11) is 0. The molecule has 0 aliphatic heterocycles. The van der Waals surface area contributed by atoms with E-state index >= 15 is 0 Å². The zero-order valence-corrected chi connectivity index (χ0v) is 7.32. The second-order valence-corrected chi connectivity index (χ2v) is 2.72. The Labute approximate surface area is 76.5 Å². The van der Waals surface area contributed by atoms with E-state index in [0.717, 1.165) is 5.56 Å². The average Bonchev–Trinajstić information content (AvgIpc) is 2.19. The maximum absolute atomic E-state index is 10.7. The summed E-state index contributed by atoms with van der Waals surface area (Å²) in [6.45, 7) is 1.84. The van der Waals surface area contributed by atoms with Crippen molar-refractivity contribution in [2.24, 2.45) is 0 Å². The minimum Gasteiger partial charge on any atom is -0.330 e. The molecule has 0 saturated carbocycles. The first-order valence-electron chi connectivity index (χ1n) is 3.99. The van der Waals surface area contributed by atoms with E-state index < -0.39 is 6.03 Å². The Hall–Kier alpha value is -1.55. The molecule has 0 aromatic heterocycles. The van der Waals surface area contributed by atoms with Crippen LogP contribution in [-0.4, -0.2) is 11.2 Å². The molecule has 4 heteroatoms. The summed E-state index contributed by atoms with van der Waals surface area (Å²) in [5.74, 6) is 0. The van der Waals surface area contributed by atoms with Crippen molar-refractivity contribution in [3.8, 4) is 0 Å². The van der Waals surface area contributed by atoms with Gasteiger partial charge in [0, 0.05) is 0 Å². The maximum Gasteiger partial charge on any atom is 0.338 e. The molecule has 0 radical (unpaired) electrons. The highest BCUT2D eigenvalue weighted by Crippen LogP contribution is 2.10. The summed E-state index contributed by atoms with van der Waals surface area (Å²) in [5, 5.41) is 10.8. The van der Waals surface area contributed by atoms with Crippen molar-refractivity contribution in [2.45, 2.75) is 13.0 Å². The third-order valence-corrected chi connectivity index (χ3v) is 1.75. The van der Waals surface area contributed by atoms with Crippen molar-refractivity contribution in [2.75, 3.05) is 0 Å². The SMILES string of the molecule is CC(NC(=O)NO)c1ccccc1. The molecule has 0 saturated heterocycles. The van der Waals surface area contributed by atoms with Gasteiger partial charge in [-0.15, -0.1) is 0 Å². The Morgan fingerprint density at radius 2 is 2.00 bits per heavy atom. The second kappa shape index (κ2) is 4.47. The Bertz CT molecular complexity index is 274. The quantitative estimate of drug-likeness (QED) is 0.476. The number of rotatable bonds is 2. The van der Waals surface area contributed by atoms with Crippen LogP contribution in [-0.2, 0) is 0 Å². The smallest absolute Gasteiger partial charge is 0.330 e. The van der Waals surface area contributed by atoms with E-state index in [1.54, 1.807) is 0 Å². The van der Waals surface area contributed by atoms with Crippen molar-refractivity contribution in [1.82, 2.24) is 10.8 Å². The standard InChI is InChI=1S/C9H12N2O2/c1-7(10-9(12)11-13)8-5-3-2-4-6-8/h2-7,13H,1H3,(H2,10,11,12). The fourth-order valence-corrected chi connectivity index (χ4v) is 1.05. The van der Waals surface area contributed by atoms with E-state index in [-0.39, 0.29) is 6.04 Å². The van der Waals surface area contributed by atoms with Crippen LogP contribution in [0.3, 0.4) is 0 Å². The Morgan fingerprint density at radius 3 is 2.54 bits per heavy atom. The lowest BCUT2D eigenvalue weighted by Crippen LogP contribution is -2.34. The number of benzene rings is 1. The molecule has 4 nitrogen and oxygen atoms in total. The summed E-state index contributed by atoms with van der Waals surface area (Å²) in [6, 6.07) is 8.78. The van der Waals surface area contributed by atoms with Crippen LogP contribution < -0.4 is 10.8 Å². The number of carbonyl (C=O) groups is 1. The zero-order valence-electron chi connectivity index (χ0n) is 7.32. The lowest BCUT2D eigenvalue weighted by atomic mass is 10.1. The van der Waals surface area contributed by atoms with E-state index in [9.17, 15) is 4.79 Å². The zero-order chi connectivity index (χ0) is 9.68. The molecule has 0 bridgehead atoms. The van der Waals surface area contributed by atoms with E-state index in [1.165, 1.54) is 5.48 Å². The molecule has 0 fully saturated rings. The molecule has 70 valence electrons. The first kappa shape index (κ1) is 9.54. The summed E-state index contributed by atoms with van der Waals surface area (Å²) in [4.78, 5) is 10.7. The topological polar surface area (TPSA) is 61.4 Å². The Morgan fingerprint density at radius 1 is 1.38 bits per heavy atom. The summed E-state index contributed by atoms with van der Waals surface area (Å²) in [6.07, 6.45) is 0. The monoisotopic (exact) mass is 180 g/mol. The van der Waals surface area contributed by atoms with Gasteiger partial charge in [-0.1, -0.05) is 30.3 Å². The average molecular weight is 180 g/mol. The fourth-order valence-electron chi connectivity index (χ4n) is 1.05. The molecule has 0 aliphatic rings. The third-order valence-electron chi connectivity index (χ3n) is 1.75. The molecule has 3 N–H and O–H groups in total. The van der Waals surface area contributed by atoms with Crippen LogP contribution in [0.2, 0.25) is 0 Å². The van der Waals surface area contributed by atoms with Crippen LogP contribution in [0.25, 0.3) is 0 Å². The van der Waals surface area contributed by atoms with Crippen LogP contribution in [0.4, 0.5) is 4.79 Å². The molecule has 2 amide bonds. The normalized spacial score (nSPS) is 11.8. The summed E-state index contributed by atoms with van der Waals surface area (Å²) >= 11 is 0. The van der Waals surface area contributed by atoms with Gasteiger partial charge in [0.05, 0.1) is 6.04 Å². The molecule has 13 heavy (non-hydrogen) atoms. The molecule has 1 atom stereocenters. The summed E-state index contributed by atoms with van der Waals surface area (Å²) < 4.78 is 0. The predicted molar refractivity (Wildman–Crippen MR) is 48.3 cm³/mol. The van der Waals surface area contributed by atoms with E-state index in [4.69, 9.17) is 5.21 Å². The Kier molecular flexibility index (Phi) is 3.28. The molecular formula is C9H12N2O2. The minimum atomic E-state index is -0.601. The van der Waals surface area contributed by atoms with Gasteiger partial charge in [0.2, 0.25) is 0 Å². The molecule has 1 aromatic carbocycles. The third kappa shape index (κ3) is 2.76. The van der Waals surface area contributed by atoms with Gasteiger partial charge in [-0.05, 0) is 12.5 Å². The van der Waals surface area contributed by atoms with Crippen LogP contribution >= 0.6 is 0 Å². The lowest BCUT2D eigenvalue weighted by Gasteiger charge is -2.12. The van der Waals surface area contributed by atoms with Gasteiger partial charge in [-0.25, -0.2) is 10.3 Å². The lowest BCUT2D eigenvalue weighted by molar-refractivity contribution is 0.159. The second-order valence-electron chi connectivity index (χ2n) is 2.72. The molecule has 1 aromatic rings. The number of nitrogens with one attached hydrogen (secondary N) is 2. The van der Waals surface area contributed by atoms with Gasteiger partial charge in [0.25, 0.3) is 0 Å². The number of urea groups is 1. The molecule has 1 rings (SSSR count). The molecule has 1 unspecified atom stereocenters. The van der Waals surface area contributed by atoms with E-state index in [1.807, 2.05) is 37.3 Å². The number of amides is 2. The van der Waals surface area contributed by atoms with Gasteiger partial charge in [-0.3, -0.25) is 5.21 Å². The van der Waals surface area contributed by atoms with Crippen LogP contribution in [0.1, 0.15) is 18.5 Å². The van der Waals surface area contributed by atoms with Crippen molar-refractivity contribution in [3.05, 3.63) is 35.9 Å². The number of hydrogen-bond donors (Lipinski definition) is 3. The molecule has 0 spiro atoms. The highest BCUT2D eigenvalue weighted by molar-refractivity contribution is 5.72. The first-order chi connectivity index (χ1) is 6.24. The minimum absolute atomic E-state index is 0.117. The number of hydroxylamine groups is 1. The number of hydrogen-bond acceptors (Lipinski definition) is 2. The van der Waals surface area contributed by atoms with Crippen LogP contribution in [0, 0.1) is 0 Å². The van der Waals surface area contributed by atoms with Gasteiger partial charge in [0.15, 0.2) is 0 Å². The fraction of sp³-hybridized carbons (Fsp3) is 0.222. The van der Waals surface area contributed by atoms with Gasteiger partial charge in [-0.2, -0.15) is 0 Å². The van der Waals surface area contributed by atoms with E-state index in [0.29, 0.717) is 0 Å². The van der Waals surface area contributed by atoms with Crippen molar-refractivity contribution >= 4 is 6.03 Å². The van der Waals surface area contributed by atoms with Crippen LogP contribution in [0.5, 0.6) is 0 Å². The first-order valence-corrected chi connectivity index (χ1v) is 3.99. The highest BCUT2D eigenvalue weighted by atomic mass is 16.5. The van der Waals surface area contributed by atoms with Gasteiger partial charge < -0.3 is 5.32 Å². The molecule has 0 heterocycles. The predicted octanol–water partition coefficient (Wildman–Crippen LogP) is 1.44. The van der Waals surface area contributed by atoms with Gasteiger partial charge >= 0.3 is 6.03 Å². The maximum atomic E-state index is 10.7. The van der Waals surface area contributed by atoms with E-state index in [2.05, 4.69) is 5.32 Å².